The van der Waals surface area contributed by atoms with Gasteiger partial charge in [-0.3, -0.25) is 4.79 Å². The number of imidazole rings is 1. The molecule has 1 heterocycles. The molecule has 0 fully saturated rings. The third-order valence-electron chi connectivity index (χ3n) is 5.29. The highest BCUT2D eigenvalue weighted by molar-refractivity contribution is 8.01. The summed E-state index contributed by atoms with van der Waals surface area (Å²) in [6.07, 6.45) is 1.54. The predicted octanol–water partition coefficient (Wildman–Crippen LogP) is 5.52. The number of amides is 1. The molecule has 1 atom stereocenters. The van der Waals surface area contributed by atoms with E-state index in [9.17, 15) is 13.2 Å². The number of nitrogens with zero attached hydrogens (tertiary/aromatic N) is 2. The highest BCUT2D eigenvalue weighted by Crippen LogP contribution is 2.32. The van der Waals surface area contributed by atoms with Crippen LogP contribution in [-0.4, -0.2) is 28.5 Å². The van der Waals surface area contributed by atoms with E-state index in [0.29, 0.717) is 16.9 Å². The molecule has 6 nitrogen and oxygen atoms in total. The molecule has 3 aromatic carbocycles. The van der Waals surface area contributed by atoms with E-state index >= 15 is 0 Å². The summed E-state index contributed by atoms with van der Waals surface area (Å²) >= 11 is 1.10. The van der Waals surface area contributed by atoms with Crippen LogP contribution in [0.4, 0.5) is 5.69 Å². The van der Waals surface area contributed by atoms with Gasteiger partial charge in [0.05, 0.1) is 22.0 Å². The van der Waals surface area contributed by atoms with Gasteiger partial charge in [-0.25, -0.2) is 17.4 Å². The number of benzene rings is 3. The Hall–Kier alpha value is -3.36. The summed E-state index contributed by atoms with van der Waals surface area (Å²) < 4.78 is 28.6. The van der Waals surface area contributed by atoms with Crippen LogP contribution in [0.25, 0.3) is 11.3 Å². The first-order chi connectivity index (χ1) is 16.3. The highest BCUT2D eigenvalue weighted by Gasteiger charge is 2.28. The van der Waals surface area contributed by atoms with Crippen LogP contribution in [0.2, 0.25) is 0 Å². The van der Waals surface area contributed by atoms with Gasteiger partial charge in [0.2, 0.25) is 5.91 Å². The zero-order valence-corrected chi connectivity index (χ0v) is 20.7. The lowest BCUT2D eigenvalue weighted by atomic mass is 10.2. The average molecular weight is 492 g/mol. The molecule has 0 saturated carbocycles. The van der Waals surface area contributed by atoms with Gasteiger partial charge in [-0.1, -0.05) is 77.5 Å². The van der Waals surface area contributed by atoms with Crippen LogP contribution >= 0.6 is 11.8 Å². The summed E-state index contributed by atoms with van der Waals surface area (Å²) in [6, 6.07) is 23.4. The molecule has 34 heavy (non-hydrogen) atoms. The SMILES string of the molecule is Cc1ccc(NC(=O)[C@H](C)Sc2ncc(-c3ccccc3)n2S(=O)(=O)c2ccc(C)cc2)cc1. The normalized spacial score (nSPS) is 12.3. The molecule has 0 aliphatic rings. The third-order valence-corrected chi connectivity index (χ3v) is 8.19. The van der Waals surface area contributed by atoms with E-state index in [1.807, 2.05) is 68.4 Å². The van der Waals surface area contributed by atoms with Crippen molar-refractivity contribution in [1.29, 1.82) is 0 Å². The van der Waals surface area contributed by atoms with Crippen molar-refractivity contribution in [3.05, 3.63) is 96.2 Å². The Bertz CT molecular complexity index is 1400. The molecule has 0 aliphatic heterocycles. The van der Waals surface area contributed by atoms with E-state index in [2.05, 4.69) is 10.3 Å². The molecule has 0 saturated heterocycles. The molecule has 1 amide bonds. The second kappa shape index (κ2) is 9.87. The lowest BCUT2D eigenvalue weighted by Crippen LogP contribution is -2.24. The standard InChI is InChI=1S/C26H25N3O3S2/c1-18-9-13-22(14-10-18)28-25(30)20(3)33-26-27-17-24(21-7-5-4-6-8-21)29(26)34(31,32)23-15-11-19(2)12-16-23/h4-17,20H,1-3H3,(H,28,30)/t20-/m0/s1. The van der Waals surface area contributed by atoms with Gasteiger partial charge in [0.25, 0.3) is 10.0 Å². The Balaban J connectivity index is 1.70. The molecule has 1 N–H and O–H groups in total. The lowest BCUT2D eigenvalue weighted by Gasteiger charge is -2.16. The van der Waals surface area contributed by atoms with Crippen molar-refractivity contribution in [2.75, 3.05) is 5.32 Å². The number of anilines is 1. The Morgan fingerprint density at radius 1 is 0.912 bits per heavy atom. The maximum Gasteiger partial charge on any atom is 0.270 e. The molecule has 0 bridgehead atoms. The van der Waals surface area contributed by atoms with Crippen molar-refractivity contribution in [2.45, 2.75) is 36.1 Å². The van der Waals surface area contributed by atoms with Gasteiger partial charge < -0.3 is 5.32 Å². The smallest absolute Gasteiger partial charge is 0.270 e. The fourth-order valence-corrected chi connectivity index (χ4v) is 5.91. The van der Waals surface area contributed by atoms with Crippen LogP contribution in [0.5, 0.6) is 0 Å². The molecule has 1 aromatic heterocycles. The molecule has 0 spiro atoms. The molecule has 4 aromatic rings. The van der Waals surface area contributed by atoms with Crippen LogP contribution in [-0.2, 0) is 14.8 Å². The Morgan fingerprint density at radius 3 is 2.12 bits per heavy atom. The molecule has 0 aliphatic carbocycles. The van der Waals surface area contributed by atoms with Gasteiger partial charge in [0, 0.05) is 11.3 Å². The van der Waals surface area contributed by atoms with E-state index in [1.54, 1.807) is 31.2 Å². The van der Waals surface area contributed by atoms with Crippen LogP contribution in [0.1, 0.15) is 18.1 Å². The van der Waals surface area contributed by atoms with Gasteiger partial charge in [-0.15, -0.1) is 0 Å². The summed E-state index contributed by atoms with van der Waals surface area (Å²) in [6.45, 7) is 5.61. The predicted molar refractivity (Wildman–Crippen MR) is 137 cm³/mol. The first kappa shape index (κ1) is 23.8. The quantitative estimate of drug-likeness (QED) is 0.344. The van der Waals surface area contributed by atoms with Gasteiger partial charge in [0.15, 0.2) is 5.16 Å². The number of aromatic nitrogens is 2. The molecule has 0 unspecified atom stereocenters. The molecule has 174 valence electrons. The van der Waals surface area contributed by atoms with Crippen molar-refractivity contribution in [1.82, 2.24) is 8.96 Å². The van der Waals surface area contributed by atoms with E-state index in [4.69, 9.17) is 0 Å². The first-order valence-corrected chi connectivity index (χ1v) is 13.1. The van der Waals surface area contributed by atoms with Crippen molar-refractivity contribution in [2.24, 2.45) is 0 Å². The Kier molecular flexibility index (Phi) is 6.90. The molecule has 0 radical (unpaired) electrons. The van der Waals surface area contributed by atoms with Crippen LogP contribution in [0, 0.1) is 13.8 Å². The third kappa shape index (κ3) is 5.08. The van der Waals surface area contributed by atoms with E-state index in [-0.39, 0.29) is 16.0 Å². The Labute approximate surface area is 204 Å². The summed E-state index contributed by atoms with van der Waals surface area (Å²) in [4.78, 5) is 17.4. The number of rotatable bonds is 7. The summed E-state index contributed by atoms with van der Waals surface area (Å²) in [7, 11) is -3.96. The van der Waals surface area contributed by atoms with Gasteiger partial charge in [-0.2, -0.15) is 0 Å². The highest BCUT2D eigenvalue weighted by atomic mass is 32.2. The monoisotopic (exact) mass is 491 g/mol. The minimum Gasteiger partial charge on any atom is -0.325 e. The largest absolute Gasteiger partial charge is 0.325 e. The molecule has 8 heteroatoms. The van der Waals surface area contributed by atoms with Gasteiger partial charge in [0.1, 0.15) is 0 Å². The van der Waals surface area contributed by atoms with Crippen LogP contribution in [0.15, 0.2) is 95.1 Å². The maximum atomic E-state index is 13.7. The summed E-state index contributed by atoms with van der Waals surface area (Å²) in [5.41, 5.74) is 3.90. The number of thioether (sulfide) groups is 1. The van der Waals surface area contributed by atoms with Gasteiger partial charge in [-0.05, 0) is 45.0 Å². The number of nitrogens with one attached hydrogen (secondary N) is 1. The van der Waals surface area contributed by atoms with E-state index < -0.39 is 15.3 Å². The minimum atomic E-state index is -3.96. The zero-order valence-electron chi connectivity index (χ0n) is 19.1. The van der Waals surface area contributed by atoms with Crippen molar-refractivity contribution >= 4 is 33.4 Å². The fraction of sp³-hybridized carbons (Fsp3) is 0.154. The number of hydrogen-bond acceptors (Lipinski definition) is 5. The van der Waals surface area contributed by atoms with Crippen LogP contribution in [0.3, 0.4) is 0 Å². The second-order valence-electron chi connectivity index (χ2n) is 7.99. The zero-order chi connectivity index (χ0) is 24.3. The molecule has 4 rings (SSSR count). The number of carbonyl (C=O) groups excluding carboxylic acids is 1. The topological polar surface area (TPSA) is 81.1 Å². The van der Waals surface area contributed by atoms with Crippen LogP contribution < -0.4 is 5.32 Å². The number of hydrogen-bond donors (Lipinski definition) is 1. The second-order valence-corrected chi connectivity index (χ2v) is 11.1. The van der Waals surface area contributed by atoms with Crippen molar-refractivity contribution < 1.29 is 13.2 Å². The molecular weight excluding hydrogens is 466 g/mol. The minimum absolute atomic E-state index is 0.159. The van der Waals surface area contributed by atoms with Gasteiger partial charge >= 0.3 is 0 Å². The number of carbonyl (C=O) groups is 1. The molecular formula is C26H25N3O3S2. The van der Waals surface area contributed by atoms with Crippen molar-refractivity contribution in [3.8, 4) is 11.3 Å². The van der Waals surface area contributed by atoms with E-state index in [0.717, 1.165) is 22.9 Å². The number of aryl methyl sites for hydroxylation is 2. The summed E-state index contributed by atoms with van der Waals surface area (Å²) in [5, 5.41) is 2.52. The maximum absolute atomic E-state index is 13.7. The van der Waals surface area contributed by atoms with Crippen molar-refractivity contribution in [3.63, 3.8) is 0 Å². The van der Waals surface area contributed by atoms with E-state index in [1.165, 1.54) is 10.2 Å². The Morgan fingerprint density at radius 2 is 1.50 bits per heavy atom. The summed E-state index contributed by atoms with van der Waals surface area (Å²) in [5.74, 6) is -0.239. The first-order valence-electron chi connectivity index (χ1n) is 10.8. The fourth-order valence-electron chi connectivity index (χ4n) is 3.34. The average Bonchev–Trinajstić information content (AvgIpc) is 3.26. The lowest BCUT2D eigenvalue weighted by molar-refractivity contribution is -0.115.